The fourth-order valence-electron chi connectivity index (χ4n) is 1.71. The maximum absolute atomic E-state index is 6.13. The average Bonchev–Trinajstić information content (AvgIpc) is 2.72. The Morgan fingerprint density at radius 3 is 2.42 bits per heavy atom. The summed E-state index contributed by atoms with van der Waals surface area (Å²) in [6, 6.07) is -0.00889. The van der Waals surface area contributed by atoms with E-state index >= 15 is 0 Å². The van der Waals surface area contributed by atoms with Gasteiger partial charge in [-0.3, -0.25) is 0 Å². The first kappa shape index (κ1) is 16.1. The maximum Gasteiger partial charge on any atom is 0.228 e. The predicted octanol–water partition coefficient (Wildman–Crippen LogP) is 2.72. The average molecular weight is 269 g/mol. The lowest BCUT2D eigenvalue weighted by Crippen LogP contribution is -2.37. The van der Waals surface area contributed by atoms with E-state index in [0.717, 1.165) is 0 Å². The molecule has 5 heteroatoms. The first-order chi connectivity index (χ1) is 8.75. The lowest BCUT2D eigenvalue weighted by atomic mass is 9.85. The van der Waals surface area contributed by atoms with E-state index in [0.29, 0.717) is 30.7 Å². The van der Waals surface area contributed by atoms with Gasteiger partial charge in [0.05, 0.1) is 0 Å². The lowest BCUT2D eigenvalue weighted by molar-refractivity contribution is 0.0217. The molecule has 0 aliphatic carbocycles. The van der Waals surface area contributed by atoms with Crippen LogP contribution in [-0.2, 0) is 11.2 Å². The Morgan fingerprint density at radius 1 is 1.32 bits per heavy atom. The third-order valence-corrected chi connectivity index (χ3v) is 3.20. The van der Waals surface area contributed by atoms with Crippen LogP contribution in [0, 0.1) is 11.3 Å². The fraction of sp³-hybridized carbons (Fsp3) is 0.857. The Labute approximate surface area is 115 Å². The Balaban J connectivity index is 2.76. The minimum absolute atomic E-state index is 0.00889. The van der Waals surface area contributed by atoms with Crippen LogP contribution in [-0.4, -0.2) is 22.8 Å². The van der Waals surface area contributed by atoms with E-state index in [-0.39, 0.29) is 17.6 Å². The normalized spacial score (nSPS) is 15.8. The summed E-state index contributed by atoms with van der Waals surface area (Å²) >= 11 is 0. The minimum Gasteiger partial charge on any atom is -0.370 e. The molecule has 1 aromatic rings. The smallest absolute Gasteiger partial charge is 0.228 e. The summed E-state index contributed by atoms with van der Waals surface area (Å²) in [6.07, 6.45) is 0.473. The van der Waals surface area contributed by atoms with Crippen molar-refractivity contribution in [1.29, 1.82) is 0 Å². The van der Waals surface area contributed by atoms with Crippen molar-refractivity contribution in [2.75, 3.05) is 6.61 Å². The van der Waals surface area contributed by atoms with Gasteiger partial charge >= 0.3 is 0 Å². The second-order valence-corrected chi connectivity index (χ2v) is 6.34. The Hall–Kier alpha value is -0.940. The summed E-state index contributed by atoms with van der Waals surface area (Å²) in [5, 5.41) is 4.02. The summed E-state index contributed by atoms with van der Waals surface area (Å²) in [6.45, 7) is 13.1. The molecule has 1 heterocycles. The lowest BCUT2D eigenvalue weighted by Gasteiger charge is -2.25. The van der Waals surface area contributed by atoms with E-state index in [9.17, 15) is 0 Å². The van der Waals surface area contributed by atoms with Crippen LogP contribution in [0.3, 0.4) is 0 Å². The monoisotopic (exact) mass is 269 g/mol. The summed E-state index contributed by atoms with van der Waals surface area (Å²) in [4.78, 5) is 4.42. The number of aromatic nitrogens is 2. The number of ether oxygens (including phenoxy) is 1. The van der Waals surface area contributed by atoms with E-state index in [1.165, 1.54) is 0 Å². The van der Waals surface area contributed by atoms with Crippen molar-refractivity contribution >= 4 is 0 Å². The fourth-order valence-corrected chi connectivity index (χ4v) is 1.71. The highest BCUT2D eigenvalue weighted by molar-refractivity contribution is 4.95. The van der Waals surface area contributed by atoms with E-state index in [2.05, 4.69) is 44.8 Å². The Kier molecular flexibility index (Phi) is 5.50. The van der Waals surface area contributed by atoms with Crippen LogP contribution in [0.25, 0.3) is 0 Å². The molecule has 0 aliphatic heterocycles. The molecule has 0 fully saturated rings. The summed E-state index contributed by atoms with van der Waals surface area (Å²) < 4.78 is 10.9. The van der Waals surface area contributed by atoms with Gasteiger partial charge in [-0.05, 0) is 18.3 Å². The SMILES string of the molecule is CCOC(c1noc(CC(N)C(C)(C)C)n1)C(C)C. The van der Waals surface area contributed by atoms with Gasteiger partial charge in [-0.15, -0.1) is 0 Å². The highest BCUT2D eigenvalue weighted by atomic mass is 16.5. The quantitative estimate of drug-likeness (QED) is 0.859. The molecule has 1 rings (SSSR count). The highest BCUT2D eigenvalue weighted by Crippen LogP contribution is 2.25. The van der Waals surface area contributed by atoms with Gasteiger partial charge in [0.15, 0.2) is 0 Å². The largest absolute Gasteiger partial charge is 0.370 e. The number of nitrogens with zero attached hydrogens (tertiary/aromatic N) is 2. The first-order valence-electron chi connectivity index (χ1n) is 6.95. The van der Waals surface area contributed by atoms with Crippen molar-refractivity contribution in [3.8, 4) is 0 Å². The van der Waals surface area contributed by atoms with Gasteiger partial charge in [0, 0.05) is 19.1 Å². The van der Waals surface area contributed by atoms with Crippen LogP contribution < -0.4 is 5.73 Å². The van der Waals surface area contributed by atoms with E-state index < -0.39 is 0 Å². The number of nitrogens with two attached hydrogens (primary N) is 1. The summed E-state index contributed by atoms with van der Waals surface area (Å²) in [5.74, 6) is 1.51. The van der Waals surface area contributed by atoms with Gasteiger partial charge in [-0.2, -0.15) is 4.98 Å². The molecular formula is C14H27N3O2. The van der Waals surface area contributed by atoms with Crippen molar-refractivity contribution in [3.05, 3.63) is 11.7 Å². The zero-order chi connectivity index (χ0) is 14.6. The molecule has 2 N–H and O–H groups in total. The standard InChI is InChI=1S/C14H27N3O2/c1-7-18-12(9(2)3)13-16-11(19-17-13)8-10(15)14(4,5)6/h9-10,12H,7-8,15H2,1-6H3. The zero-order valence-corrected chi connectivity index (χ0v) is 12.9. The van der Waals surface area contributed by atoms with Crippen molar-refractivity contribution in [2.24, 2.45) is 17.1 Å². The molecule has 0 radical (unpaired) electrons. The van der Waals surface area contributed by atoms with E-state index in [4.69, 9.17) is 15.0 Å². The van der Waals surface area contributed by atoms with E-state index in [1.807, 2.05) is 6.92 Å². The van der Waals surface area contributed by atoms with Gasteiger partial charge in [-0.25, -0.2) is 0 Å². The zero-order valence-electron chi connectivity index (χ0n) is 12.9. The van der Waals surface area contributed by atoms with Gasteiger partial charge in [0.25, 0.3) is 0 Å². The van der Waals surface area contributed by atoms with Gasteiger partial charge in [0.2, 0.25) is 11.7 Å². The molecule has 0 spiro atoms. The molecule has 19 heavy (non-hydrogen) atoms. The van der Waals surface area contributed by atoms with Crippen molar-refractivity contribution in [2.45, 2.75) is 60.1 Å². The number of hydrogen-bond donors (Lipinski definition) is 1. The van der Waals surface area contributed by atoms with Gasteiger partial charge < -0.3 is 15.0 Å². The van der Waals surface area contributed by atoms with E-state index in [1.54, 1.807) is 0 Å². The molecule has 0 aliphatic rings. The van der Waals surface area contributed by atoms with Crippen LogP contribution in [0.15, 0.2) is 4.52 Å². The topological polar surface area (TPSA) is 74.2 Å². The minimum atomic E-state index is -0.117. The van der Waals surface area contributed by atoms with Crippen LogP contribution in [0.5, 0.6) is 0 Å². The van der Waals surface area contributed by atoms with Crippen molar-refractivity contribution in [3.63, 3.8) is 0 Å². The molecule has 0 bridgehead atoms. The third-order valence-electron chi connectivity index (χ3n) is 3.20. The summed E-state index contributed by atoms with van der Waals surface area (Å²) in [7, 11) is 0. The van der Waals surface area contributed by atoms with Crippen LogP contribution in [0.1, 0.15) is 59.4 Å². The van der Waals surface area contributed by atoms with Crippen LogP contribution in [0.2, 0.25) is 0 Å². The van der Waals surface area contributed by atoms with Crippen LogP contribution >= 0.6 is 0 Å². The molecule has 5 nitrogen and oxygen atoms in total. The molecule has 2 unspecified atom stereocenters. The van der Waals surface area contributed by atoms with Crippen LogP contribution in [0.4, 0.5) is 0 Å². The Bertz CT molecular complexity index is 382. The molecule has 0 saturated carbocycles. The molecule has 0 saturated heterocycles. The highest BCUT2D eigenvalue weighted by Gasteiger charge is 2.26. The number of hydrogen-bond acceptors (Lipinski definition) is 5. The predicted molar refractivity (Wildman–Crippen MR) is 74.6 cm³/mol. The second kappa shape index (κ2) is 6.48. The van der Waals surface area contributed by atoms with Gasteiger partial charge in [0.1, 0.15) is 6.10 Å². The molecular weight excluding hydrogens is 242 g/mol. The number of rotatable bonds is 6. The second-order valence-electron chi connectivity index (χ2n) is 6.34. The molecule has 110 valence electrons. The third kappa shape index (κ3) is 4.58. The van der Waals surface area contributed by atoms with Gasteiger partial charge in [-0.1, -0.05) is 39.8 Å². The maximum atomic E-state index is 6.13. The molecule has 0 amide bonds. The first-order valence-corrected chi connectivity index (χ1v) is 6.95. The summed E-state index contributed by atoms with van der Waals surface area (Å²) in [5.41, 5.74) is 6.15. The molecule has 1 aromatic heterocycles. The Morgan fingerprint density at radius 2 is 1.95 bits per heavy atom. The van der Waals surface area contributed by atoms with Crippen molar-refractivity contribution < 1.29 is 9.26 Å². The molecule has 0 aromatic carbocycles. The van der Waals surface area contributed by atoms with Crippen molar-refractivity contribution in [1.82, 2.24) is 10.1 Å². The molecule has 2 atom stereocenters.